The van der Waals surface area contributed by atoms with Crippen molar-refractivity contribution >= 4 is 27.5 Å². The molecule has 1 amide bonds. The summed E-state index contributed by atoms with van der Waals surface area (Å²) >= 11 is 0. The number of amides is 1. The summed E-state index contributed by atoms with van der Waals surface area (Å²) in [5.74, 6) is 1.34. The summed E-state index contributed by atoms with van der Waals surface area (Å²) in [5.41, 5.74) is 1.25. The Hall–Kier alpha value is -3.07. The number of fused-ring (bicyclic) bond motifs is 2. The van der Waals surface area contributed by atoms with E-state index in [4.69, 9.17) is 9.47 Å². The van der Waals surface area contributed by atoms with Crippen molar-refractivity contribution < 1.29 is 22.7 Å². The van der Waals surface area contributed by atoms with Gasteiger partial charge < -0.3 is 19.7 Å². The van der Waals surface area contributed by atoms with Gasteiger partial charge in [0.15, 0.2) is 17.3 Å². The normalized spacial score (nSPS) is 21.5. The molecule has 9 heteroatoms. The molecule has 1 unspecified atom stereocenters. The van der Waals surface area contributed by atoms with Gasteiger partial charge in [-0.2, -0.15) is 8.42 Å². The van der Waals surface area contributed by atoms with Gasteiger partial charge in [-0.05, 0) is 37.1 Å². The fraction of sp³-hybridized carbons (Fsp3) is 0.333. The molecule has 3 aliphatic rings. The highest BCUT2D eigenvalue weighted by Gasteiger charge is 2.35. The van der Waals surface area contributed by atoms with Gasteiger partial charge >= 0.3 is 0 Å². The van der Waals surface area contributed by atoms with Crippen molar-refractivity contribution in [3.8, 4) is 11.5 Å². The molecule has 2 aromatic rings. The van der Waals surface area contributed by atoms with Crippen molar-refractivity contribution in [2.75, 3.05) is 31.6 Å². The SMILES string of the molecule is O=C(Nc1ccc2c(c1)OCCO2)C1CCCN(C2=NS(=O)(=O)c3ccccc32)C1. The molecular weight excluding hydrogens is 406 g/mol. The van der Waals surface area contributed by atoms with E-state index in [-0.39, 0.29) is 16.7 Å². The highest BCUT2D eigenvalue weighted by molar-refractivity contribution is 7.90. The van der Waals surface area contributed by atoms with E-state index in [0.717, 1.165) is 12.8 Å². The minimum atomic E-state index is -3.68. The van der Waals surface area contributed by atoms with Crippen LogP contribution in [0.1, 0.15) is 18.4 Å². The van der Waals surface area contributed by atoms with Gasteiger partial charge in [-0.15, -0.1) is 4.40 Å². The first-order valence-corrected chi connectivity index (χ1v) is 11.4. The van der Waals surface area contributed by atoms with Gasteiger partial charge in [0.1, 0.15) is 18.1 Å². The number of sulfonamides is 1. The molecule has 0 radical (unpaired) electrons. The molecule has 3 heterocycles. The fourth-order valence-electron chi connectivity index (χ4n) is 4.07. The van der Waals surface area contributed by atoms with Crippen molar-refractivity contribution in [1.82, 2.24) is 4.90 Å². The zero-order valence-electron chi connectivity index (χ0n) is 16.2. The minimum absolute atomic E-state index is 0.105. The highest BCUT2D eigenvalue weighted by Crippen LogP contribution is 2.33. The average Bonchev–Trinajstić information content (AvgIpc) is 3.05. The molecule has 1 fully saturated rings. The van der Waals surface area contributed by atoms with Gasteiger partial charge in [0.25, 0.3) is 10.0 Å². The van der Waals surface area contributed by atoms with E-state index in [0.29, 0.717) is 54.9 Å². The van der Waals surface area contributed by atoms with Crippen LogP contribution in [-0.2, 0) is 14.8 Å². The third-order valence-corrected chi connectivity index (χ3v) is 6.84. The Labute approximate surface area is 174 Å². The van der Waals surface area contributed by atoms with Crippen LogP contribution in [0, 0.1) is 5.92 Å². The van der Waals surface area contributed by atoms with Crippen molar-refractivity contribution in [1.29, 1.82) is 0 Å². The van der Waals surface area contributed by atoms with Crippen molar-refractivity contribution in [2.24, 2.45) is 10.3 Å². The lowest BCUT2D eigenvalue weighted by Gasteiger charge is -2.33. The number of piperidine rings is 1. The number of likely N-dealkylation sites (tertiary alicyclic amines) is 1. The molecule has 5 rings (SSSR count). The second-order valence-corrected chi connectivity index (χ2v) is 9.09. The van der Waals surface area contributed by atoms with Crippen LogP contribution in [0.3, 0.4) is 0 Å². The van der Waals surface area contributed by atoms with Crippen LogP contribution >= 0.6 is 0 Å². The first kappa shape index (κ1) is 18.9. The zero-order valence-corrected chi connectivity index (χ0v) is 17.0. The summed E-state index contributed by atoms with van der Waals surface area (Å²) in [7, 11) is -3.68. The van der Waals surface area contributed by atoms with E-state index in [1.807, 2.05) is 4.90 Å². The van der Waals surface area contributed by atoms with Crippen LogP contribution in [0.5, 0.6) is 11.5 Å². The highest BCUT2D eigenvalue weighted by atomic mass is 32.2. The summed E-state index contributed by atoms with van der Waals surface area (Å²) in [4.78, 5) is 15.0. The molecule has 1 saturated heterocycles. The Morgan fingerprint density at radius 2 is 1.90 bits per heavy atom. The lowest BCUT2D eigenvalue weighted by molar-refractivity contribution is -0.121. The van der Waals surface area contributed by atoms with Crippen molar-refractivity contribution in [2.45, 2.75) is 17.7 Å². The molecule has 2 aromatic carbocycles. The number of carbonyl (C=O) groups is 1. The third kappa shape index (κ3) is 3.39. The molecule has 0 bridgehead atoms. The molecular formula is C21H21N3O5S. The lowest BCUT2D eigenvalue weighted by atomic mass is 9.96. The van der Waals surface area contributed by atoms with E-state index in [1.165, 1.54) is 0 Å². The zero-order chi connectivity index (χ0) is 20.7. The predicted octanol–water partition coefficient (Wildman–Crippen LogP) is 2.26. The second kappa shape index (κ2) is 7.32. The molecule has 0 spiro atoms. The maximum absolute atomic E-state index is 12.9. The maximum atomic E-state index is 12.9. The first-order chi connectivity index (χ1) is 14.5. The number of hydrogen-bond acceptors (Lipinski definition) is 6. The second-order valence-electron chi connectivity index (χ2n) is 7.52. The molecule has 1 atom stereocenters. The van der Waals surface area contributed by atoms with Crippen LogP contribution in [0.4, 0.5) is 5.69 Å². The van der Waals surface area contributed by atoms with Crippen LogP contribution in [0.25, 0.3) is 0 Å². The molecule has 156 valence electrons. The molecule has 3 aliphatic heterocycles. The quantitative estimate of drug-likeness (QED) is 0.790. The van der Waals surface area contributed by atoms with E-state index in [2.05, 4.69) is 9.71 Å². The standard InChI is InChI=1S/C21H21N3O5S/c25-21(22-15-7-8-17-18(12-15)29-11-10-28-17)14-4-3-9-24(13-14)20-16-5-1-2-6-19(16)30(26,27)23-20/h1-2,5-8,12,14H,3-4,9-11,13H2,(H,22,25). The van der Waals surface area contributed by atoms with E-state index in [1.54, 1.807) is 42.5 Å². The summed E-state index contributed by atoms with van der Waals surface area (Å²) in [6.45, 7) is 2.07. The molecule has 0 aliphatic carbocycles. The number of nitrogens with zero attached hydrogens (tertiary/aromatic N) is 2. The van der Waals surface area contributed by atoms with Gasteiger partial charge in [-0.3, -0.25) is 4.79 Å². The number of amidine groups is 1. The Morgan fingerprint density at radius 3 is 2.77 bits per heavy atom. The molecule has 8 nitrogen and oxygen atoms in total. The molecule has 1 N–H and O–H groups in total. The van der Waals surface area contributed by atoms with Crippen molar-refractivity contribution in [3.63, 3.8) is 0 Å². The number of ether oxygens (including phenoxy) is 2. The van der Waals surface area contributed by atoms with Gasteiger partial charge in [-0.1, -0.05) is 12.1 Å². The maximum Gasteiger partial charge on any atom is 0.285 e. The van der Waals surface area contributed by atoms with Crippen LogP contribution < -0.4 is 14.8 Å². The largest absolute Gasteiger partial charge is 0.486 e. The summed E-state index contributed by atoms with van der Waals surface area (Å²) in [5, 5.41) is 2.95. The number of hydrogen-bond donors (Lipinski definition) is 1. The summed E-state index contributed by atoms with van der Waals surface area (Å²) < 4.78 is 39.8. The van der Waals surface area contributed by atoms with E-state index in [9.17, 15) is 13.2 Å². The minimum Gasteiger partial charge on any atom is -0.486 e. The Bertz CT molecular complexity index is 1150. The Balaban J connectivity index is 1.32. The first-order valence-electron chi connectivity index (χ1n) is 9.91. The van der Waals surface area contributed by atoms with E-state index < -0.39 is 10.0 Å². The summed E-state index contributed by atoms with van der Waals surface area (Å²) in [6, 6.07) is 12.1. The lowest BCUT2D eigenvalue weighted by Crippen LogP contribution is -2.43. The van der Waals surface area contributed by atoms with Crippen LogP contribution in [0.15, 0.2) is 51.8 Å². The van der Waals surface area contributed by atoms with Gasteiger partial charge in [0.2, 0.25) is 5.91 Å². The van der Waals surface area contributed by atoms with E-state index >= 15 is 0 Å². The smallest absolute Gasteiger partial charge is 0.285 e. The Kier molecular flexibility index (Phi) is 4.62. The van der Waals surface area contributed by atoms with Crippen LogP contribution in [-0.4, -0.2) is 51.4 Å². The third-order valence-electron chi connectivity index (χ3n) is 5.51. The van der Waals surface area contributed by atoms with Gasteiger partial charge in [0, 0.05) is 30.4 Å². The molecule has 0 aromatic heterocycles. The van der Waals surface area contributed by atoms with Crippen LogP contribution in [0.2, 0.25) is 0 Å². The number of benzene rings is 2. The van der Waals surface area contributed by atoms with Gasteiger partial charge in [0.05, 0.1) is 5.92 Å². The topological polar surface area (TPSA) is 97.3 Å². The number of nitrogens with one attached hydrogen (secondary N) is 1. The number of rotatable bonds is 2. The number of anilines is 1. The average molecular weight is 427 g/mol. The van der Waals surface area contributed by atoms with Crippen molar-refractivity contribution in [3.05, 3.63) is 48.0 Å². The fourth-order valence-corrected chi connectivity index (χ4v) is 5.29. The predicted molar refractivity (Wildman–Crippen MR) is 111 cm³/mol. The number of carbonyl (C=O) groups excluding carboxylic acids is 1. The van der Waals surface area contributed by atoms with Gasteiger partial charge in [-0.25, -0.2) is 0 Å². The molecule has 30 heavy (non-hydrogen) atoms. The molecule has 0 saturated carbocycles. The Morgan fingerprint density at radius 1 is 1.10 bits per heavy atom. The monoisotopic (exact) mass is 427 g/mol. The summed E-state index contributed by atoms with van der Waals surface area (Å²) in [6.07, 6.45) is 1.51.